The Labute approximate surface area is 175 Å². The Morgan fingerprint density at radius 2 is 1.80 bits per heavy atom. The van der Waals surface area contributed by atoms with E-state index in [-0.39, 0.29) is 29.6 Å². The molecule has 2 aliphatic carbocycles. The number of nitrogens with two attached hydrogens (primary N) is 1. The van der Waals surface area contributed by atoms with Crippen LogP contribution in [0.1, 0.15) is 80.1 Å². The van der Waals surface area contributed by atoms with Crippen molar-refractivity contribution in [2.75, 3.05) is 5.73 Å². The molecule has 2 unspecified atom stereocenters. The molecule has 30 heavy (non-hydrogen) atoms. The molecular formula is C23H28FN3O3. The number of aromatic hydroxyl groups is 1. The molecule has 2 bridgehead atoms. The molecule has 6 rings (SSSR count). The normalized spacial score (nSPS) is 25.0. The van der Waals surface area contributed by atoms with Crippen LogP contribution in [0.2, 0.25) is 0 Å². The highest BCUT2D eigenvalue weighted by molar-refractivity contribution is 5.74. The standard InChI is InChI=1S/C18H18FN3O2.C5H10O/c19-12-5-9(8-1-2-8)6-13(23)16(12)17-11-7-10-3-4-14(24-10)15(11)18(20)22-21-17;6-5-3-1-2-4-5/h5-6,8,10,14,23H,1-4,7H2,(H2,20,22);5-6H,1-4H2. The predicted octanol–water partition coefficient (Wildman–Crippen LogP) is 4.15. The SMILES string of the molecule is Nc1nnc(-c2c(O)cc(C3CC3)cc2F)c2c1C1CCC(C2)O1.OC1CCCC1. The highest BCUT2D eigenvalue weighted by atomic mass is 19.1. The highest BCUT2D eigenvalue weighted by Gasteiger charge is 2.38. The van der Waals surface area contributed by atoms with Crippen molar-refractivity contribution in [3.63, 3.8) is 0 Å². The minimum absolute atomic E-state index is 0.0463. The van der Waals surface area contributed by atoms with Crippen LogP contribution in [-0.2, 0) is 11.2 Å². The van der Waals surface area contributed by atoms with Crippen molar-refractivity contribution < 1.29 is 19.3 Å². The van der Waals surface area contributed by atoms with E-state index in [1.54, 1.807) is 6.07 Å². The zero-order valence-electron chi connectivity index (χ0n) is 17.0. The van der Waals surface area contributed by atoms with Gasteiger partial charge in [-0.2, -0.15) is 0 Å². The average molecular weight is 413 g/mol. The second kappa shape index (κ2) is 7.78. The Morgan fingerprint density at radius 1 is 1.03 bits per heavy atom. The number of aliphatic hydroxyl groups excluding tert-OH is 1. The van der Waals surface area contributed by atoms with E-state index in [1.807, 2.05) is 0 Å². The van der Waals surface area contributed by atoms with Crippen LogP contribution >= 0.6 is 0 Å². The van der Waals surface area contributed by atoms with E-state index in [1.165, 1.54) is 18.9 Å². The number of halogens is 1. The van der Waals surface area contributed by atoms with Crippen molar-refractivity contribution >= 4 is 5.82 Å². The molecule has 160 valence electrons. The lowest BCUT2D eigenvalue weighted by Crippen LogP contribution is -2.21. The predicted molar refractivity (Wildman–Crippen MR) is 111 cm³/mol. The van der Waals surface area contributed by atoms with Gasteiger partial charge in [0.05, 0.1) is 23.9 Å². The number of benzene rings is 1. The highest BCUT2D eigenvalue weighted by Crippen LogP contribution is 2.48. The van der Waals surface area contributed by atoms with Crippen LogP contribution in [0.25, 0.3) is 11.3 Å². The van der Waals surface area contributed by atoms with Crippen molar-refractivity contribution in [3.8, 4) is 17.0 Å². The summed E-state index contributed by atoms with van der Waals surface area (Å²) in [6, 6.07) is 3.18. The Hall–Kier alpha value is -2.25. The van der Waals surface area contributed by atoms with Crippen molar-refractivity contribution in [1.29, 1.82) is 0 Å². The molecule has 1 aromatic heterocycles. The third kappa shape index (κ3) is 3.65. The van der Waals surface area contributed by atoms with Crippen LogP contribution in [0.4, 0.5) is 10.2 Å². The fraction of sp³-hybridized carbons (Fsp3) is 0.565. The first-order valence-corrected chi connectivity index (χ1v) is 11.0. The molecule has 4 aliphatic rings. The molecule has 6 nitrogen and oxygen atoms in total. The number of phenols is 1. The number of hydrogen-bond acceptors (Lipinski definition) is 6. The smallest absolute Gasteiger partial charge is 0.152 e. The Balaban J connectivity index is 0.000000279. The lowest BCUT2D eigenvalue weighted by Gasteiger charge is -2.26. The largest absolute Gasteiger partial charge is 0.507 e. The van der Waals surface area contributed by atoms with Crippen molar-refractivity contribution in [3.05, 3.63) is 34.6 Å². The van der Waals surface area contributed by atoms with E-state index >= 15 is 0 Å². The lowest BCUT2D eigenvalue weighted by atomic mass is 9.93. The molecule has 0 spiro atoms. The fourth-order valence-electron chi connectivity index (χ4n) is 4.97. The summed E-state index contributed by atoms with van der Waals surface area (Å²) in [5, 5.41) is 27.3. The van der Waals surface area contributed by atoms with E-state index < -0.39 is 5.82 Å². The first-order chi connectivity index (χ1) is 14.5. The van der Waals surface area contributed by atoms with Crippen LogP contribution in [0, 0.1) is 5.82 Å². The van der Waals surface area contributed by atoms with Gasteiger partial charge in [-0.15, -0.1) is 10.2 Å². The number of rotatable bonds is 2. The summed E-state index contributed by atoms with van der Waals surface area (Å²) in [6.07, 6.45) is 9.20. The van der Waals surface area contributed by atoms with Gasteiger partial charge in [0.1, 0.15) is 17.3 Å². The summed E-state index contributed by atoms with van der Waals surface area (Å²) in [6.45, 7) is 0. The number of anilines is 1. The second-order valence-corrected chi connectivity index (χ2v) is 8.96. The Kier molecular flexibility index (Phi) is 5.11. The maximum atomic E-state index is 14.8. The van der Waals surface area contributed by atoms with Crippen molar-refractivity contribution in [1.82, 2.24) is 10.2 Å². The quantitative estimate of drug-likeness (QED) is 0.684. The third-order valence-electron chi connectivity index (χ3n) is 6.71. The van der Waals surface area contributed by atoms with E-state index in [4.69, 9.17) is 15.6 Å². The first-order valence-electron chi connectivity index (χ1n) is 11.0. The molecule has 0 radical (unpaired) electrons. The molecule has 0 amide bonds. The van der Waals surface area contributed by atoms with Crippen molar-refractivity contribution in [2.24, 2.45) is 0 Å². The Bertz CT molecular complexity index is 934. The monoisotopic (exact) mass is 413 g/mol. The molecule has 2 aromatic rings. The molecule has 3 heterocycles. The number of nitrogen functional groups attached to an aromatic ring is 1. The van der Waals surface area contributed by atoms with Gasteiger partial charge in [0.25, 0.3) is 0 Å². The number of phenolic OH excluding ortho intramolecular Hbond substituents is 1. The van der Waals surface area contributed by atoms with Crippen LogP contribution in [0.5, 0.6) is 5.75 Å². The number of fused-ring (bicyclic) bond motifs is 4. The maximum Gasteiger partial charge on any atom is 0.152 e. The van der Waals surface area contributed by atoms with Gasteiger partial charge in [-0.3, -0.25) is 0 Å². The summed E-state index contributed by atoms with van der Waals surface area (Å²) in [5.41, 5.74) is 9.08. The number of hydrogen-bond donors (Lipinski definition) is 3. The van der Waals surface area contributed by atoms with E-state index in [9.17, 15) is 9.50 Å². The zero-order valence-corrected chi connectivity index (χ0v) is 17.0. The summed E-state index contributed by atoms with van der Waals surface area (Å²) < 4.78 is 20.7. The molecular weight excluding hydrogens is 385 g/mol. The number of ether oxygens (including phenoxy) is 1. The van der Waals surface area contributed by atoms with Gasteiger partial charge in [0, 0.05) is 12.0 Å². The topological polar surface area (TPSA) is 101 Å². The number of aliphatic hydroxyl groups is 1. The van der Waals surface area contributed by atoms with Gasteiger partial charge in [-0.05, 0) is 67.7 Å². The molecule has 2 aliphatic heterocycles. The Morgan fingerprint density at radius 3 is 2.43 bits per heavy atom. The molecule has 1 saturated heterocycles. The molecule has 2 saturated carbocycles. The van der Waals surface area contributed by atoms with Gasteiger partial charge in [-0.25, -0.2) is 4.39 Å². The first kappa shape index (κ1) is 19.7. The second-order valence-electron chi connectivity index (χ2n) is 8.96. The number of aromatic nitrogens is 2. The van der Waals surface area contributed by atoms with Gasteiger partial charge >= 0.3 is 0 Å². The minimum Gasteiger partial charge on any atom is -0.507 e. The van der Waals surface area contributed by atoms with Crippen LogP contribution < -0.4 is 5.73 Å². The van der Waals surface area contributed by atoms with Gasteiger partial charge in [0.2, 0.25) is 0 Å². The average Bonchev–Trinajstić information content (AvgIpc) is 3.36. The van der Waals surface area contributed by atoms with Gasteiger partial charge in [0.15, 0.2) is 5.82 Å². The molecule has 4 N–H and O–H groups in total. The molecule has 3 fully saturated rings. The maximum absolute atomic E-state index is 14.8. The van der Waals surface area contributed by atoms with Crippen LogP contribution in [0.15, 0.2) is 12.1 Å². The fourth-order valence-corrected chi connectivity index (χ4v) is 4.97. The van der Waals surface area contributed by atoms with Crippen LogP contribution in [0.3, 0.4) is 0 Å². The van der Waals surface area contributed by atoms with Crippen molar-refractivity contribution in [2.45, 2.75) is 82.0 Å². The summed E-state index contributed by atoms with van der Waals surface area (Å²) in [7, 11) is 0. The summed E-state index contributed by atoms with van der Waals surface area (Å²) in [5.74, 6) is 0.192. The third-order valence-corrected chi connectivity index (χ3v) is 6.71. The molecule has 2 atom stereocenters. The lowest BCUT2D eigenvalue weighted by molar-refractivity contribution is 0.0326. The van der Waals surface area contributed by atoms with Gasteiger partial charge in [-0.1, -0.05) is 12.8 Å². The van der Waals surface area contributed by atoms with E-state index in [0.717, 1.165) is 55.2 Å². The molecule has 7 heteroatoms. The van der Waals surface area contributed by atoms with Crippen LogP contribution in [-0.4, -0.2) is 32.6 Å². The van der Waals surface area contributed by atoms with E-state index in [0.29, 0.717) is 23.9 Å². The summed E-state index contributed by atoms with van der Waals surface area (Å²) >= 11 is 0. The zero-order chi connectivity index (χ0) is 20.8. The molecule has 1 aromatic carbocycles. The number of nitrogens with zero attached hydrogens (tertiary/aromatic N) is 2. The summed E-state index contributed by atoms with van der Waals surface area (Å²) in [4.78, 5) is 0. The van der Waals surface area contributed by atoms with Gasteiger partial charge < -0.3 is 20.7 Å². The van der Waals surface area contributed by atoms with E-state index in [2.05, 4.69) is 10.2 Å². The minimum atomic E-state index is -0.447.